The summed E-state index contributed by atoms with van der Waals surface area (Å²) in [5.41, 5.74) is 3.59. The lowest BCUT2D eigenvalue weighted by atomic mass is 9.91. The lowest BCUT2D eigenvalue weighted by Gasteiger charge is -2.20. The zero-order chi connectivity index (χ0) is 27.5. The highest BCUT2D eigenvalue weighted by molar-refractivity contribution is 9.10. The van der Waals surface area contributed by atoms with Crippen LogP contribution in [0.4, 0.5) is 0 Å². The maximum atomic E-state index is 13.6. The van der Waals surface area contributed by atoms with E-state index in [2.05, 4.69) is 26.0 Å². The highest BCUT2D eigenvalue weighted by Gasteiger charge is 2.34. The predicted molar refractivity (Wildman–Crippen MR) is 156 cm³/mol. The number of hydrogen-bond donors (Lipinski definition) is 1. The van der Waals surface area contributed by atoms with E-state index in [1.54, 1.807) is 19.1 Å². The lowest BCUT2D eigenvalue weighted by Crippen LogP contribution is -2.25. The number of carbonyl (C=O) groups excluding carboxylic acids is 2. The van der Waals surface area contributed by atoms with Gasteiger partial charge in [-0.05, 0) is 48.4 Å². The van der Waals surface area contributed by atoms with E-state index in [0.29, 0.717) is 21.8 Å². The fourth-order valence-corrected chi connectivity index (χ4v) is 5.04. The molecule has 7 nitrogen and oxygen atoms in total. The smallest absolute Gasteiger partial charge is 0.330 e. The molecule has 1 aliphatic heterocycles. The first kappa shape index (κ1) is 26.6. The first-order valence-electron chi connectivity index (χ1n) is 12.3. The number of aromatic nitrogens is 1. The van der Waals surface area contributed by atoms with Crippen LogP contribution in [0.1, 0.15) is 30.5 Å². The van der Waals surface area contributed by atoms with Gasteiger partial charge in [0.05, 0.1) is 23.9 Å². The second kappa shape index (κ2) is 11.4. The number of hydrogen-bond acceptors (Lipinski definition) is 5. The molecular formula is C30H23BrClN3O4. The Hall–Kier alpha value is -4.01. The molecule has 9 heteroatoms. The molecule has 1 atom stereocenters. The maximum Gasteiger partial charge on any atom is 0.330 e. The maximum absolute atomic E-state index is 13.6. The van der Waals surface area contributed by atoms with Gasteiger partial charge in [-0.25, -0.2) is 9.80 Å². The van der Waals surface area contributed by atoms with E-state index >= 15 is 0 Å². The lowest BCUT2D eigenvalue weighted by molar-refractivity contribution is -0.137. The molecule has 3 aromatic carbocycles. The van der Waals surface area contributed by atoms with Crippen molar-refractivity contribution in [1.29, 1.82) is 0 Å². The average Bonchev–Trinajstić information content (AvgIpc) is 3.37. The van der Waals surface area contributed by atoms with Crippen LogP contribution < -0.4 is 5.56 Å². The summed E-state index contributed by atoms with van der Waals surface area (Å²) in [4.78, 5) is 41.7. The summed E-state index contributed by atoms with van der Waals surface area (Å²) < 4.78 is 5.81. The summed E-state index contributed by atoms with van der Waals surface area (Å²) in [5.74, 6) is -1.14. The Balaban J connectivity index is 1.67. The first-order valence-corrected chi connectivity index (χ1v) is 13.4. The molecule has 1 unspecified atom stereocenters. The zero-order valence-electron chi connectivity index (χ0n) is 20.9. The third-order valence-electron chi connectivity index (χ3n) is 6.38. The SMILES string of the molecule is CCOC(=O)/C=C/C(=O)N1N=C(c2c(-c3ccc(Br)cc3)c3ccccc3[nH]c2=O)CC1c1ccc(Cl)cc1. The molecule has 1 aliphatic rings. The Labute approximate surface area is 237 Å². The van der Waals surface area contributed by atoms with Gasteiger partial charge in [0, 0.05) is 44.5 Å². The van der Waals surface area contributed by atoms with Gasteiger partial charge in [0.25, 0.3) is 11.5 Å². The number of carbonyl (C=O) groups is 2. The van der Waals surface area contributed by atoms with E-state index in [9.17, 15) is 14.4 Å². The van der Waals surface area contributed by atoms with Crippen molar-refractivity contribution in [2.75, 3.05) is 6.61 Å². The summed E-state index contributed by atoms with van der Waals surface area (Å²) in [5, 5.41) is 7.38. The van der Waals surface area contributed by atoms with Crippen LogP contribution in [0, 0.1) is 0 Å². The zero-order valence-corrected chi connectivity index (χ0v) is 23.2. The van der Waals surface area contributed by atoms with E-state index in [-0.39, 0.29) is 18.6 Å². The molecule has 0 saturated carbocycles. The van der Waals surface area contributed by atoms with Crippen LogP contribution in [0.3, 0.4) is 0 Å². The van der Waals surface area contributed by atoms with Crippen LogP contribution in [-0.2, 0) is 14.3 Å². The summed E-state index contributed by atoms with van der Waals surface area (Å²) in [6, 6.07) is 21.9. The number of H-pyrrole nitrogens is 1. The fourth-order valence-electron chi connectivity index (χ4n) is 4.65. The molecular weight excluding hydrogens is 582 g/mol. The second-order valence-corrected chi connectivity index (χ2v) is 10.2. The molecule has 0 saturated heterocycles. The fraction of sp³-hybridized carbons (Fsp3) is 0.133. The number of aromatic amines is 1. The number of nitrogens with zero attached hydrogens (tertiary/aromatic N) is 2. The highest BCUT2D eigenvalue weighted by Crippen LogP contribution is 2.37. The number of para-hydroxylation sites is 1. The Morgan fingerprint density at radius 3 is 2.49 bits per heavy atom. The van der Waals surface area contributed by atoms with Crippen molar-refractivity contribution in [1.82, 2.24) is 9.99 Å². The highest BCUT2D eigenvalue weighted by atomic mass is 79.9. The van der Waals surface area contributed by atoms with Crippen LogP contribution in [0.5, 0.6) is 0 Å². The van der Waals surface area contributed by atoms with E-state index in [0.717, 1.165) is 38.7 Å². The van der Waals surface area contributed by atoms with Crippen LogP contribution in [0.2, 0.25) is 5.02 Å². The number of rotatable bonds is 6. The van der Waals surface area contributed by atoms with Crippen LogP contribution in [-0.4, -0.2) is 34.2 Å². The van der Waals surface area contributed by atoms with Gasteiger partial charge in [-0.2, -0.15) is 5.10 Å². The number of fused-ring (bicyclic) bond motifs is 1. The van der Waals surface area contributed by atoms with Crippen molar-refractivity contribution in [2.45, 2.75) is 19.4 Å². The van der Waals surface area contributed by atoms with Crippen molar-refractivity contribution >= 4 is 56.0 Å². The van der Waals surface area contributed by atoms with Gasteiger partial charge in [0.1, 0.15) is 0 Å². The number of halogens is 2. The van der Waals surface area contributed by atoms with E-state index < -0.39 is 17.9 Å². The summed E-state index contributed by atoms with van der Waals surface area (Å²) in [7, 11) is 0. The molecule has 1 amide bonds. The van der Waals surface area contributed by atoms with Gasteiger partial charge in [0.15, 0.2) is 0 Å². The standard InChI is InChI=1S/C30H23BrClN3O4/c1-2-39-27(37)16-15-26(36)35-25(18-9-13-21(32)14-10-18)17-24(34-35)29-28(19-7-11-20(31)12-8-19)22-5-3-4-6-23(22)33-30(29)38/h3-16,25H,2,17H2,1H3,(H,33,38)/b16-15+. The molecule has 0 spiro atoms. The van der Waals surface area contributed by atoms with Crippen molar-refractivity contribution < 1.29 is 14.3 Å². The minimum atomic E-state index is -0.624. The molecule has 1 N–H and O–H groups in total. The predicted octanol–water partition coefficient (Wildman–Crippen LogP) is 6.41. The van der Waals surface area contributed by atoms with Crippen LogP contribution >= 0.6 is 27.5 Å². The summed E-state index contributed by atoms with van der Waals surface area (Å²) >= 11 is 9.59. The number of ether oxygens (including phenoxy) is 1. The molecule has 0 aliphatic carbocycles. The van der Waals surface area contributed by atoms with Crippen LogP contribution in [0.15, 0.2) is 99.3 Å². The molecule has 0 fully saturated rings. The Bertz CT molecular complexity index is 1680. The number of nitrogens with one attached hydrogen (secondary N) is 1. The molecule has 0 bridgehead atoms. The van der Waals surface area contributed by atoms with Gasteiger partial charge in [-0.15, -0.1) is 0 Å². The van der Waals surface area contributed by atoms with E-state index in [4.69, 9.17) is 16.3 Å². The van der Waals surface area contributed by atoms with Crippen molar-refractivity contribution in [2.24, 2.45) is 5.10 Å². The molecule has 5 rings (SSSR count). The third kappa shape index (κ3) is 5.57. The number of amides is 1. The number of pyridine rings is 1. The first-order chi connectivity index (χ1) is 18.9. The van der Waals surface area contributed by atoms with Gasteiger partial charge >= 0.3 is 5.97 Å². The molecule has 1 aromatic heterocycles. The second-order valence-electron chi connectivity index (χ2n) is 8.84. The average molecular weight is 605 g/mol. The molecule has 39 heavy (non-hydrogen) atoms. The third-order valence-corrected chi connectivity index (χ3v) is 7.16. The molecule has 2 heterocycles. The molecule has 196 valence electrons. The van der Waals surface area contributed by atoms with E-state index in [1.165, 1.54) is 5.01 Å². The normalized spacial score (nSPS) is 15.1. The molecule has 4 aromatic rings. The van der Waals surface area contributed by atoms with Gasteiger partial charge in [-0.1, -0.05) is 70.0 Å². The number of esters is 1. The van der Waals surface area contributed by atoms with Gasteiger partial charge in [-0.3, -0.25) is 9.59 Å². The Morgan fingerprint density at radius 2 is 1.77 bits per heavy atom. The largest absolute Gasteiger partial charge is 0.463 e. The van der Waals surface area contributed by atoms with Crippen LogP contribution in [0.25, 0.3) is 22.0 Å². The van der Waals surface area contributed by atoms with Crippen molar-refractivity contribution in [3.8, 4) is 11.1 Å². The van der Waals surface area contributed by atoms with Crippen molar-refractivity contribution in [3.05, 3.63) is 116 Å². The summed E-state index contributed by atoms with van der Waals surface area (Å²) in [6.07, 6.45) is 2.49. The molecule has 0 radical (unpaired) electrons. The Kier molecular flexibility index (Phi) is 7.77. The quantitative estimate of drug-likeness (QED) is 0.203. The van der Waals surface area contributed by atoms with Crippen molar-refractivity contribution in [3.63, 3.8) is 0 Å². The van der Waals surface area contributed by atoms with Gasteiger partial charge in [0.2, 0.25) is 0 Å². The van der Waals surface area contributed by atoms with E-state index in [1.807, 2.05) is 60.7 Å². The number of hydrazone groups is 1. The van der Waals surface area contributed by atoms with Gasteiger partial charge < -0.3 is 9.72 Å². The monoisotopic (exact) mass is 603 g/mol. The number of benzene rings is 3. The minimum Gasteiger partial charge on any atom is -0.463 e. The topological polar surface area (TPSA) is 91.8 Å². The summed E-state index contributed by atoms with van der Waals surface area (Å²) in [6.45, 7) is 1.88. The Morgan fingerprint density at radius 1 is 1.05 bits per heavy atom. The minimum absolute atomic E-state index is 0.195.